The summed E-state index contributed by atoms with van der Waals surface area (Å²) in [6.07, 6.45) is 0.378. The highest BCUT2D eigenvalue weighted by Gasteiger charge is 2.38. The van der Waals surface area contributed by atoms with Gasteiger partial charge >= 0.3 is 5.97 Å². The molecule has 0 aromatic heterocycles. The molecule has 21 heavy (non-hydrogen) atoms. The van der Waals surface area contributed by atoms with Crippen molar-refractivity contribution < 1.29 is 19.5 Å². The maximum Gasteiger partial charge on any atom is 0.325 e. The van der Waals surface area contributed by atoms with Crippen LogP contribution in [0, 0.1) is 5.92 Å². The van der Waals surface area contributed by atoms with Gasteiger partial charge < -0.3 is 15.3 Å². The summed E-state index contributed by atoms with van der Waals surface area (Å²) >= 11 is 3.34. The quantitative estimate of drug-likeness (QED) is 0.800. The second kappa shape index (κ2) is 6.26. The number of halogens is 1. The third kappa shape index (κ3) is 3.41. The molecule has 112 valence electrons. The Hall–Kier alpha value is -1.89. The molecule has 2 amide bonds. The highest BCUT2D eigenvalue weighted by molar-refractivity contribution is 9.10. The summed E-state index contributed by atoms with van der Waals surface area (Å²) in [4.78, 5) is 36.6. The first kappa shape index (κ1) is 15.5. The zero-order valence-corrected chi connectivity index (χ0v) is 13.0. The maximum atomic E-state index is 12.3. The SMILES string of the molecule is CC(NC(=O)C1CCN(c2cccc(Br)c2)C1=O)C(=O)O. The van der Waals surface area contributed by atoms with Crippen LogP contribution in [0.5, 0.6) is 0 Å². The van der Waals surface area contributed by atoms with E-state index in [0.717, 1.165) is 10.2 Å². The molecule has 1 aliphatic rings. The molecule has 2 rings (SSSR count). The normalized spacial score (nSPS) is 19.4. The lowest BCUT2D eigenvalue weighted by Gasteiger charge is -2.17. The first-order valence-corrected chi connectivity index (χ1v) is 7.29. The number of carboxylic acids is 1. The summed E-state index contributed by atoms with van der Waals surface area (Å²) < 4.78 is 0.847. The lowest BCUT2D eigenvalue weighted by Crippen LogP contribution is -2.44. The standard InChI is InChI=1S/C14H15BrN2O4/c1-8(14(20)21)16-12(18)11-5-6-17(13(11)19)10-4-2-3-9(15)7-10/h2-4,7-8,11H,5-6H2,1H3,(H,16,18)(H,20,21). The number of benzene rings is 1. The van der Waals surface area contributed by atoms with Crippen LogP contribution in [0.1, 0.15) is 13.3 Å². The van der Waals surface area contributed by atoms with Crippen LogP contribution in [0.2, 0.25) is 0 Å². The predicted octanol–water partition coefficient (Wildman–Crippen LogP) is 1.39. The fraction of sp³-hybridized carbons (Fsp3) is 0.357. The van der Waals surface area contributed by atoms with Gasteiger partial charge in [-0.2, -0.15) is 0 Å². The monoisotopic (exact) mass is 354 g/mol. The molecule has 1 fully saturated rings. The van der Waals surface area contributed by atoms with E-state index in [-0.39, 0.29) is 5.91 Å². The number of carboxylic acid groups (broad SMARTS) is 1. The average Bonchev–Trinajstić information content (AvgIpc) is 2.80. The molecule has 1 aromatic rings. The van der Waals surface area contributed by atoms with Crippen LogP contribution in [0.25, 0.3) is 0 Å². The van der Waals surface area contributed by atoms with E-state index < -0.39 is 23.8 Å². The van der Waals surface area contributed by atoms with E-state index in [1.54, 1.807) is 17.0 Å². The van der Waals surface area contributed by atoms with Gasteiger partial charge in [-0.1, -0.05) is 22.0 Å². The first-order chi connectivity index (χ1) is 9.90. The third-order valence-corrected chi connectivity index (χ3v) is 3.86. The topological polar surface area (TPSA) is 86.7 Å². The van der Waals surface area contributed by atoms with E-state index in [2.05, 4.69) is 21.2 Å². The molecule has 1 saturated heterocycles. The van der Waals surface area contributed by atoms with E-state index in [0.29, 0.717) is 13.0 Å². The fourth-order valence-corrected chi connectivity index (χ4v) is 2.59. The minimum atomic E-state index is -1.13. The van der Waals surface area contributed by atoms with Crippen LogP contribution in [0.15, 0.2) is 28.7 Å². The van der Waals surface area contributed by atoms with E-state index in [4.69, 9.17) is 5.11 Å². The summed E-state index contributed by atoms with van der Waals surface area (Å²) in [5, 5.41) is 11.1. The van der Waals surface area contributed by atoms with E-state index in [1.165, 1.54) is 6.92 Å². The van der Waals surface area contributed by atoms with Crippen LogP contribution in [-0.2, 0) is 14.4 Å². The highest BCUT2D eigenvalue weighted by atomic mass is 79.9. The molecule has 6 nitrogen and oxygen atoms in total. The molecule has 2 unspecified atom stereocenters. The van der Waals surface area contributed by atoms with Gasteiger partial charge in [-0.25, -0.2) is 0 Å². The molecule has 0 bridgehead atoms. The fourth-order valence-electron chi connectivity index (χ4n) is 2.20. The second-order valence-electron chi connectivity index (χ2n) is 4.88. The molecule has 0 aliphatic carbocycles. The van der Waals surface area contributed by atoms with Gasteiger partial charge in [-0.15, -0.1) is 0 Å². The van der Waals surface area contributed by atoms with Crippen molar-refractivity contribution in [3.8, 4) is 0 Å². The van der Waals surface area contributed by atoms with Gasteiger partial charge in [0, 0.05) is 16.7 Å². The van der Waals surface area contributed by atoms with Gasteiger partial charge in [0.15, 0.2) is 0 Å². The number of hydrogen-bond acceptors (Lipinski definition) is 3. The van der Waals surface area contributed by atoms with Crippen molar-refractivity contribution in [2.24, 2.45) is 5.92 Å². The molecule has 1 aliphatic heterocycles. The number of anilines is 1. The maximum absolute atomic E-state index is 12.3. The van der Waals surface area contributed by atoms with Crippen LogP contribution in [0.3, 0.4) is 0 Å². The minimum Gasteiger partial charge on any atom is -0.480 e. The highest BCUT2D eigenvalue weighted by Crippen LogP contribution is 2.27. The molecular formula is C14H15BrN2O4. The Morgan fingerprint density at radius 3 is 2.81 bits per heavy atom. The van der Waals surface area contributed by atoms with Gasteiger partial charge in [0.05, 0.1) is 0 Å². The van der Waals surface area contributed by atoms with Crippen molar-refractivity contribution in [1.82, 2.24) is 5.32 Å². The number of aliphatic carboxylic acids is 1. The Bertz CT molecular complexity index is 590. The zero-order valence-electron chi connectivity index (χ0n) is 11.4. The van der Waals surface area contributed by atoms with Crippen molar-refractivity contribution >= 4 is 39.4 Å². The van der Waals surface area contributed by atoms with Crippen molar-refractivity contribution in [1.29, 1.82) is 0 Å². The van der Waals surface area contributed by atoms with Crippen molar-refractivity contribution in [2.45, 2.75) is 19.4 Å². The van der Waals surface area contributed by atoms with Crippen molar-refractivity contribution in [3.63, 3.8) is 0 Å². The Labute approximate surface area is 130 Å². The Morgan fingerprint density at radius 2 is 2.19 bits per heavy atom. The zero-order chi connectivity index (χ0) is 15.6. The van der Waals surface area contributed by atoms with E-state index in [1.807, 2.05) is 12.1 Å². The molecule has 2 N–H and O–H groups in total. The molecule has 0 saturated carbocycles. The summed E-state index contributed by atoms with van der Waals surface area (Å²) in [5.74, 6) is -2.79. The lowest BCUT2D eigenvalue weighted by molar-refractivity contribution is -0.143. The molecule has 1 heterocycles. The Kier molecular flexibility index (Phi) is 4.62. The van der Waals surface area contributed by atoms with Gasteiger partial charge in [-0.05, 0) is 31.5 Å². The van der Waals surface area contributed by atoms with E-state index in [9.17, 15) is 14.4 Å². The molecule has 0 radical (unpaired) electrons. The predicted molar refractivity (Wildman–Crippen MR) is 79.8 cm³/mol. The summed E-state index contributed by atoms with van der Waals surface area (Å²) in [6, 6.07) is 6.25. The van der Waals surface area contributed by atoms with Gasteiger partial charge in [0.2, 0.25) is 11.8 Å². The smallest absolute Gasteiger partial charge is 0.325 e. The van der Waals surface area contributed by atoms with Gasteiger partial charge in [0.25, 0.3) is 0 Å². The summed E-state index contributed by atoms with van der Waals surface area (Å²) in [5.41, 5.74) is 0.718. The van der Waals surface area contributed by atoms with Crippen LogP contribution >= 0.6 is 15.9 Å². The van der Waals surface area contributed by atoms with Gasteiger partial charge in [-0.3, -0.25) is 14.4 Å². The molecule has 0 spiro atoms. The second-order valence-corrected chi connectivity index (χ2v) is 5.80. The largest absolute Gasteiger partial charge is 0.480 e. The third-order valence-electron chi connectivity index (χ3n) is 3.37. The lowest BCUT2D eigenvalue weighted by atomic mass is 10.1. The molecule has 1 aromatic carbocycles. The number of hydrogen-bond donors (Lipinski definition) is 2. The molecular weight excluding hydrogens is 340 g/mol. The average molecular weight is 355 g/mol. The number of nitrogens with zero attached hydrogens (tertiary/aromatic N) is 1. The van der Waals surface area contributed by atoms with E-state index >= 15 is 0 Å². The number of carbonyl (C=O) groups excluding carboxylic acids is 2. The van der Waals surface area contributed by atoms with Crippen LogP contribution in [-0.4, -0.2) is 35.5 Å². The minimum absolute atomic E-state index is 0.303. The van der Waals surface area contributed by atoms with Crippen molar-refractivity contribution in [2.75, 3.05) is 11.4 Å². The Morgan fingerprint density at radius 1 is 1.48 bits per heavy atom. The van der Waals surface area contributed by atoms with Crippen LogP contribution in [0.4, 0.5) is 5.69 Å². The first-order valence-electron chi connectivity index (χ1n) is 6.50. The Balaban J connectivity index is 2.08. The molecule has 2 atom stereocenters. The number of nitrogens with one attached hydrogen (secondary N) is 1. The number of amides is 2. The van der Waals surface area contributed by atoms with Crippen molar-refractivity contribution in [3.05, 3.63) is 28.7 Å². The number of rotatable bonds is 4. The summed E-state index contributed by atoms with van der Waals surface area (Å²) in [6.45, 7) is 1.81. The summed E-state index contributed by atoms with van der Waals surface area (Å²) in [7, 11) is 0. The van der Waals surface area contributed by atoms with Gasteiger partial charge in [0.1, 0.15) is 12.0 Å². The van der Waals surface area contributed by atoms with Crippen LogP contribution < -0.4 is 10.2 Å². The number of carbonyl (C=O) groups is 3. The molecule has 7 heteroatoms.